The Labute approximate surface area is 115 Å². The number of benzene rings is 1. The van der Waals surface area contributed by atoms with E-state index in [0.29, 0.717) is 6.04 Å². The smallest absolute Gasteiger partial charge is 0.0463 e. The van der Waals surface area contributed by atoms with Gasteiger partial charge in [0.05, 0.1) is 0 Å². The highest BCUT2D eigenvalue weighted by Gasteiger charge is 2.27. The lowest BCUT2D eigenvalue weighted by Gasteiger charge is -2.36. The molecule has 0 radical (unpaired) electrons. The molecule has 1 aliphatic rings. The van der Waals surface area contributed by atoms with Gasteiger partial charge in [0, 0.05) is 30.1 Å². The van der Waals surface area contributed by atoms with Gasteiger partial charge < -0.3 is 5.73 Å². The van der Waals surface area contributed by atoms with Crippen LogP contribution in [-0.2, 0) is 0 Å². The first-order valence-corrected chi connectivity index (χ1v) is 7.77. The van der Waals surface area contributed by atoms with E-state index in [1.54, 1.807) is 0 Å². The fourth-order valence-corrected chi connectivity index (χ4v) is 3.92. The number of hydrogen-bond acceptors (Lipinski definition) is 3. The van der Waals surface area contributed by atoms with Gasteiger partial charge in [-0.2, -0.15) is 11.8 Å². The van der Waals surface area contributed by atoms with Gasteiger partial charge in [-0.25, -0.2) is 0 Å². The largest absolute Gasteiger partial charge is 0.323 e. The minimum absolute atomic E-state index is 0.127. The summed E-state index contributed by atoms with van der Waals surface area (Å²) in [5.74, 6) is 2.37. The van der Waals surface area contributed by atoms with Crippen LogP contribution in [0.25, 0.3) is 0 Å². The van der Waals surface area contributed by atoms with E-state index in [-0.39, 0.29) is 6.04 Å². The van der Waals surface area contributed by atoms with Gasteiger partial charge in [0.15, 0.2) is 0 Å². The van der Waals surface area contributed by atoms with Crippen molar-refractivity contribution < 1.29 is 0 Å². The van der Waals surface area contributed by atoms with Crippen LogP contribution < -0.4 is 5.73 Å². The van der Waals surface area contributed by atoms with Crippen molar-refractivity contribution in [2.24, 2.45) is 5.73 Å². The van der Waals surface area contributed by atoms with E-state index in [2.05, 4.69) is 44.9 Å². The summed E-state index contributed by atoms with van der Waals surface area (Å²) in [5, 5.41) is 0. The van der Waals surface area contributed by atoms with E-state index in [1.165, 1.54) is 28.0 Å². The summed E-state index contributed by atoms with van der Waals surface area (Å²) < 4.78 is 0. The van der Waals surface area contributed by atoms with Crippen molar-refractivity contribution in [3.05, 3.63) is 34.4 Å². The molecular weight excluding hydrogens is 240 g/mol. The van der Waals surface area contributed by atoms with Gasteiger partial charge >= 0.3 is 0 Å². The second kappa shape index (κ2) is 5.64. The van der Waals surface area contributed by atoms with Crippen LogP contribution >= 0.6 is 11.8 Å². The zero-order chi connectivity index (χ0) is 13.3. The van der Waals surface area contributed by atoms with Crippen molar-refractivity contribution in [1.82, 2.24) is 4.90 Å². The van der Waals surface area contributed by atoms with Gasteiger partial charge in [0.1, 0.15) is 0 Å². The summed E-state index contributed by atoms with van der Waals surface area (Å²) in [7, 11) is 2.20. The molecule has 0 bridgehead atoms. The molecule has 1 aliphatic heterocycles. The number of hydrogen-bond donors (Lipinski definition) is 1. The van der Waals surface area contributed by atoms with Crippen LogP contribution in [0.1, 0.15) is 28.3 Å². The number of likely N-dealkylation sites (N-methyl/N-ethyl adjacent to an activating group) is 1. The molecule has 2 atom stereocenters. The third-order valence-corrected chi connectivity index (χ3v) is 5.15. The van der Waals surface area contributed by atoms with Gasteiger partial charge in [0.25, 0.3) is 0 Å². The molecule has 0 amide bonds. The number of rotatable bonds is 2. The topological polar surface area (TPSA) is 29.3 Å². The Balaban J connectivity index is 2.27. The Morgan fingerprint density at radius 2 is 1.89 bits per heavy atom. The maximum absolute atomic E-state index is 6.52. The Hall–Kier alpha value is -0.510. The average Bonchev–Trinajstić information content (AvgIpc) is 2.33. The predicted molar refractivity (Wildman–Crippen MR) is 81.3 cm³/mol. The van der Waals surface area contributed by atoms with E-state index in [9.17, 15) is 0 Å². The lowest BCUT2D eigenvalue weighted by Crippen LogP contribution is -2.46. The number of nitrogens with zero attached hydrogens (tertiary/aromatic N) is 1. The molecule has 1 heterocycles. The Morgan fingerprint density at radius 3 is 2.56 bits per heavy atom. The molecule has 3 heteroatoms. The highest BCUT2D eigenvalue weighted by Crippen LogP contribution is 2.28. The van der Waals surface area contributed by atoms with E-state index in [4.69, 9.17) is 5.73 Å². The first-order chi connectivity index (χ1) is 8.50. The monoisotopic (exact) mass is 264 g/mol. The summed E-state index contributed by atoms with van der Waals surface area (Å²) in [6.45, 7) is 7.66. The molecule has 1 saturated heterocycles. The molecule has 2 unspecified atom stereocenters. The summed E-state index contributed by atoms with van der Waals surface area (Å²) in [6.07, 6.45) is 0. The van der Waals surface area contributed by atoms with Crippen molar-refractivity contribution in [3.8, 4) is 0 Å². The quantitative estimate of drug-likeness (QED) is 0.890. The predicted octanol–water partition coefficient (Wildman–Crippen LogP) is 2.66. The third-order valence-electron chi connectivity index (χ3n) is 4.10. The van der Waals surface area contributed by atoms with Crippen LogP contribution in [0.2, 0.25) is 0 Å². The van der Waals surface area contributed by atoms with Crippen molar-refractivity contribution in [2.45, 2.75) is 32.9 Å². The lowest BCUT2D eigenvalue weighted by atomic mass is 9.92. The standard InChI is InChI=1S/C15H24N2S/c1-10-7-12(3)13(8-11(10)2)15(16)14-9-18-6-5-17(14)4/h7-8,14-15H,5-6,9,16H2,1-4H3. The van der Waals surface area contributed by atoms with Gasteiger partial charge in [-0.3, -0.25) is 4.90 Å². The molecule has 18 heavy (non-hydrogen) atoms. The second-order valence-corrected chi connectivity index (χ2v) is 6.59. The van der Waals surface area contributed by atoms with Crippen LogP contribution in [-0.4, -0.2) is 36.0 Å². The van der Waals surface area contributed by atoms with Gasteiger partial charge in [0.2, 0.25) is 0 Å². The molecule has 2 nitrogen and oxygen atoms in total. The summed E-state index contributed by atoms with van der Waals surface area (Å²) >= 11 is 2.02. The molecule has 0 spiro atoms. The third kappa shape index (κ3) is 2.73. The maximum Gasteiger partial charge on any atom is 0.0463 e. The molecule has 1 aromatic rings. The molecule has 1 aromatic carbocycles. The van der Waals surface area contributed by atoms with Crippen molar-refractivity contribution in [1.29, 1.82) is 0 Å². The van der Waals surface area contributed by atoms with Crippen molar-refractivity contribution in [2.75, 3.05) is 25.1 Å². The Kier molecular flexibility index (Phi) is 4.36. The minimum Gasteiger partial charge on any atom is -0.323 e. The molecule has 0 saturated carbocycles. The van der Waals surface area contributed by atoms with Crippen molar-refractivity contribution >= 4 is 11.8 Å². The van der Waals surface area contributed by atoms with Gasteiger partial charge in [-0.1, -0.05) is 12.1 Å². The summed E-state index contributed by atoms with van der Waals surface area (Å²) in [5.41, 5.74) is 11.9. The van der Waals surface area contributed by atoms with E-state index in [0.717, 1.165) is 12.3 Å². The molecule has 1 fully saturated rings. The van der Waals surface area contributed by atoms with Crippen LogP contribution in [0.4, 0.5) is 0 Å². The van der Waals surface area contributed by atoms with Crippen LogP contribution in [0.15, 0.2) is 12.1 Å². The first-order valence-electron chi connectivity index (χ1n) is 6.62. The zero-order valence-corrected chi connectivity index (χ0v) is 12.7. The fraction of sp³-hybridized carbons (Fsp3) is 0.600. The SMILES string of the molecule is Cc1cc(C)c(C(N)C2CSCCN2C)cc1C. The fourth-order valence-electron chi connectivity index (χ4n) is 2.63. The normalized spacial score (nSPS) is 23.1. The van der Waals surface area contributed by atoms with Crippen LogP contribution in [0.3, 0.4) is 0 Å². The minimum atomic E-state index is 0.127. The van der Waals surface area contributed by atoms with E-state index in [1.807, 2.05) is 11.8 Å². The Morgan fingerprint density at radius 1 is 1.22 bits per heavy atom. The van der Waals surface area contributed by atoms with Crippen LogP contribution in [0.5, 0.6) is 0 Å². The van der Waals surface area contributed by atoms with Crippen molar-refractivity contribution in [3.63, 3.8) is 0 Å². The molecule has 2 rings (SSSR count). The number of thioether (sulfide) groups is 1. The lowest BCUT2D eigenvalue weighted by molar-refractivity contribution is 0.237. The molecule has 0 aliphatic carbocycles. The van der Waals surface area contributed by atoms with Gasteiger partial charge in [-0.15, -0.1) is 0 Å². The molecule has 0 aromatic heterocycles. The molecule has 2 N–H and O–H groups in total. The Bertz CT molecular complexity index is 431. The molecular formula is C15H24N2S. The zero-order valence-electron chi connectivity index (χ0n) is 11.9. The highest BCUT2D eigenvalue weighted by molar-refractivity contribution is 7.99. The van der Waals surface area contributed by atoms with E-state index >= 15 is 0 Å². The first kappa shape index (κ1) is 13.9. The summed E-state index contributed by atoms with van der Waals surface area (Å²) in [6, 6.07) is 5.13. The molecule has 100 valence electrons. The van der Waals surface area contributed by atoms with E-state index < -0.39 is 0 Å². The highest BCUT2D eigenvalue weighted by atomic mass is 32.2. The van der Waals surface area contributed by atoms with Crippen LogP contribution in [0, 0.1) is 20.8 Å². The number of nitrogens with two attached hydrogens (primary N) is 1. The maximum atomic E-state index is 6.52. The van der Waals surface area contributed by atoms with Gasteiger partial charge in [-0.05, 0) is 50.1 Å². The second-order valence-electron chi connectivity index (χ2n) is 5.44. The average molecular weight is 264 g/mol. The summed E-state index contributed by atoms with van der Waals surface area (Å²) in [4.78, 5) is 2.41. The number of aryl methyl sites for hydroxylation is 3.